The molecule has 0 bridgehead atoms. The van der Waals surface area contributed by atoms with Crippen molar-refractivity contribution in [2.45, 2.75) is 51.3 Å². The molecule has 2 fully saturated rings. The summed E-state index contributed by atoms with van der Waals surface area (Å²) in [5.74, 6) is -0.309. The average Bonchev–Trinajstić information content (AvgIpc) is 3.04. The van der Waals surface area contributed by atoms with E-state index in [9.17, 15) is 18.0 Å². The minimum Gasteiger partial charge on any atom is -0.342 e. The number of piperidine rings is 1. The summed E-state index contributed by atoms with van der Waals surface area (Å²) in [4.78, 5) is 26.8. The Morgan fingerprint density at radius 2 is 1.90 bits per heavy atom. The first-order valence-corrected chi connectivity index (χ1v) is 11.8. The normalized spacial score (nSPS) is 21.0. The number of rotatable bonds is 6. The van der Waals surface area contributed by atoms with E-state index in [2.05, 4.69) is 5.32 Å². The summed E-state index contributed by atoms with van der Waals surface area (Å²) in [7, 11) is -3.58. The second-order valence-corrected chi connectivity index (χ2v) is 10.4. The van der Waals surface area contributed by atoms with Crippen molar-refractivity contribution in [2.75, 3.05) is 31.5 Å². The zero-order valence-corrected chi connectivity index (χ0v) is 18.3. The average molecular weight is 422 g/mol. The molecule has 1 atom stereocenters. The maximum Gasteiger partial charge on any atom is 0.243 e. The van der Waals surface area contributed by atoms with Crippen molar-refractivity contribution in [1.82, 2.24) is 9.21 Å². The number of nitrogens with one attached hydrogen (secondary N) is 1. The molecule has 2 aliphatic heterocycles. The standard InChI is InChI=1S/C21H31N3O4S/c1-15(2)13-23-14-17(11-20(23)25)21(26)22-18-8-7-16(3)19(12-18)29(27,28)24-9-5-4-6-10-24/h7-8,12,15,17H,4-6,9-11,13-14H2,1-3H3,(H,22,26). The largest absolute Gasteiger partial charge is 0.342 e. The number of likely N-dealkylation sites (tertiary alicyclic amines) is 1. The van der Waals surface area contributed by atoms with Crippen LogP contribution < -0.4 is 5.32 Å². The van der Waals surface area contributed by atoms with Gasteiger partial charge in [-0.1, -0.05) is 26.3 Å². The molecule has 1 unspecified atom stereocenters. The van der Waals surface area contributed by atoms with Gasteiger partial charge in [-0.05, 0) is 43.4 Å². The smallest absolute Gasteiger partial charge is 0.243 e. The van der Waals surface area contributed by atoms with Gasteiger partial charge < -0.3 is 10.2 Å². The summed E-state index contributed by atoms with van der Waals surface area (Å²) < 4.78 is 27.6. The van der Waals surface area contributed by atoms with Crippen LogP contribution in [-0.2, 0) is 19.6 Å². The van der Waals surface area contributed by atoms with Crippen LogP contribution in [0.5, 0.6) is 0 Å². The number of benzene rings is 1. The minimum absolute atomic E-state index is 0.00359. The van der Waals surface area contributed by atoms with Gasteiger partial charge in [0.15, 0.2) is 0 Å². The number of carbonyl (C=O) groups is 2. The van der Waals surface area contributed by atoms with Crippen LogP contribution in [0.4, 0.5) is 5.69 Å². The lowest BCUT2D eigenvalue weighted by Gasteiger charge is -2.26. The van der Waals surface area contributed by atoms with E-state index in [1.807, 2.05) is 13.8 Å². The molecule has 2 aliphatic rings. The fraction of sp³-hybridized carbons (Fsp3) is 0.619. The van der Waals surface area contributed by atoms with Gasteiger partial charge >= 0.3 is 0 Å². The predicted molar refractivity (Wildman–Crippen MR) is 112 cm³/mol. The van der Waals surface area contributed by atoms with Gasteiger partial charge in [-0.15, -0.1) is 0 Å². The van der Waals surface area contributed by atoms with Crippen molar-refractivity contribution < 1.29 is 18.0 Å². The number of sulfonamides is 1. The molecule has 1 aromatic rings. The molecule has 2 saturated heterocycles. The Hall–Kier alpha value is -1.93. The zero-order chi connectivity index (χ0) is 21.2. The molecule has 0 spiro atoms. The predicted octanol–water partition coefficient (Wildman–Crippen LogP) is 2.61. The first-order valence-electron chi connectivity index (χ1n) is 10.4. The molecule has 2 heterocycles. The van der Waals surface area contributed by atoms with E-state index in [0.717, 1.165) is 19.3 Å². The zero-order valence-electron chi connectivity index (χ0n) is 17.5. The van der Waals surface area contributed by atoms with E-state index in [4.69, 9.17) is 0 Å². The van der Waals surface area contributed by atoms with E-state index in [1.165, 1.54) is 4.31 Å². The lowest BCUT2D eigenvalue weighted by atomic mass is 10.1. The van der Waals surface area contributed by atoms with E-state index < -0.39 is 15.9 Å². The minimum atomic E-state index is -3.58. The number of anilines is 1. The summed E-state index contributed by atoms with van der Waals surface area (Å²) in [6, 6.07) is 4.97. The molecule has 0 aliphatic carbocycles. The van der Waals surface area contributed by atoms with Gasteiger partial charge in [-0.2, -0.15) is 4.31 Å². The van der Waals surface area contributed by atoms with Crippen LogP contribution in [0.25, 0.3) is 0 Å². The van der Waals surface area contributed by atoms with Crippen molar-refractivity contribution in [3.05, 3.63) is 23.8 Å². The van der Waals surface area contributed by atoms with Crippen molar-refractivity contribution in [1.29, 1.82) is 0 Å². The van der Waals surface area contributed by atoms with Gasteiger partial charge in [0.1, 0.15) is 0 Å². The van der Waals surface area contributed by atoms with E-state index >= 15 is 0 Å². The van der Waals surface area contributed by atoms with Gasteiger partial charge in [-0.25, -0.2) is 8.42 Å². The van der Waals surface area contributed by atoms with Gasteiger partial charge in [0.25, 0.3) is 0 Å². The van der Waals surface area contributed by atoms with Gasteiger partial charge in [0.2, 0.25) is 21.8 Å². The van der Waals surface area contributed by atoms with Crippen LogP contribution in [0.2, 0.25) is 0 Å². The highest BCUT2D eigenvalue weighted by Gasteiger charge is 2.34. The highest BCUT2D eigenvalue weighted by molar-refractivity contribution is 7.89. The van der Waals surface area contributed by atoms with Crippen LogP contribution in [0, 0.1) is 18.8 Å². The van der Waals surface area contributed by atoms with Crippen LogP contribution >= 0.6 is 0 Å². The Balaban J connectivity index is 1.73. The number of aryl methyl sites for hydroxylation is 1. The summed E-state index contributed by atoms with van der Waals surface area (Å²) in [6.45, 7) is 7.97. The number of nitrogens with zero attached hydrogens (tertiary/aromatic N) is 2. The number of hydrogen-bond acceptors (Lipinski definition) is 4. The molecular formula is C21H31N3O4S. The number of hydrogen-bond donors (Lipinski definition) is 1. The highest BCUT2D eigenvalue weighted by Crippen LogP contribution is 2.27. The summed E-state index contributed by atoms with van der Waals surface area (Å²) in [6.07, 6.45) is 2.99. The third-order valence-electron chi connectivity index (χ3n) is 5.56. The van der Waals surface area contributed by atoms with Crippen molar-refractivity contribution >= 4 is 27.5 Å². The highest BCUT2D eigenvalue weighted by atomic mass is 32.2. The summed E-state index contributed by atoms with van der Waals surface area (Å²) in [5.41, 5.74) is 1.11. The quantitative estimate of drug-likeness (QED) is 0.765. The van der Waals surface area contributed by atoms with E-state index in [1.54, 1.807) is 30.0 Å². The first-order chi connectivity index (χ1) is 13.7. The molecule has 7 nitrogen and oxygen atoms in total. The molecule has 8 heteroatoms. The number of amides is 2. The summed E-state index contributed by atoms with van der Waals surface area (Å²) >= 11 is 0. The third kappa shape index (κ3) is 4.98. The van der Waals surface area contributed by atoms with Crippen LogP contribution in [0.1, 0.15) is 45.1 Å². The van der Waals surface area contributed by atoms with Gasteiger partial charge in [0.05, 0.1) is 10.8 Å². The number of carbonyl (C=O) groups excluding carboxylic acids is 2. The fourth-order valence-electron chi connectivity index (χ4n) is 4.01. The van der Waals surface area contributed by atoms with Crippen molar-refractivity contribution in [3.63, 3.8) is 0 Å². The first kappa shape index (κ1) is 21.8. The van der Waals surface area contributed by atoms with Gasteiger partial charge in [0, 0.05) is 38.3 Å². The molecule has 2 amide bonds. The molecule has 160 valence electrons. The third-order valence-corrected chi connectivity index (χ3v) is 7.60. The molecule has 0 saturated carbocycles. The lowest BCUT2D eigenvalue weighted by Crippen LogP contribution is -2.36. The molecule has 0 aromatic heterocycles. The Bertz CT molecular complexity index is 876. The summed E-state index contributed by atoms with van der Waals surface area (Å²) in [5, 5.41) is 2.82. The fourth-order valence-corrected chi connectivity index (χ4v) is 5.78. The van der Waals surface area contributed by atoms with Crippen LogP contribution in [0.3, 0.4) is 0 Å². The molecule has 1 aromatic carbocycles. The second kappa shape index (κ2) is 8.83. The maximum absolute atomic E-state index is 13.1. The molecule has 29 heavy (non-hydrogen) atoms. The monoisotopic (exact) mass is 421 g/mol. The SMILES string of the molecule is Cc1ccc(NC(=O)C2CC(=O)N(CC(C)C)C2)cc1S(=O)(=O)N1CCCCC1. The second-order valence-electron chi connectivity index (χ2n) is 8.53. The van der Waals surface area contributed by atoms with Crippen LogP contribution in [-0.4, -0.2) is 55.6 Å². The van der Waals surface area contributed by atoms with E-state index in [0.29, 0.717) is 43.3 Å². The van der Waals surface area contributed by atoms with Crippen molar-refractivity contribution in [2.24, 2.45) is 11.8 Å². The molecule has 1 N–H and O–H groups in total. The maximum atomic E-state index is 13.1. The Morgan fingerprint density at radius 1 is 1.21 bits per heavy atom. The topological polar surface area (TPSA) is 86.8 Å². The lowest BCUT2D eigenvalue weighted by molar-refractivity contribution is -0.128. The van der Waals surface area contributed by atoms with Crippen LogP contribution in [0.15, 0.2) is 23.1 Å². The molecule has 0 radical (unpaired) electrons. The molecule has 3 rings (SSSR count). The Kier molecular flexibility index (Phi) is 6.63. The molecular weight excluding hydrogens is 390 g/mol. The van der Waals surface area contributed by atoms with E-state index in [-0.39, 0.29) is 23.1 Å². The van der Waals surface area contributed by atoms with Gasteiger partial charge in [-0.3, -0.25) is 9.59 Å². The van der Waals surface area contributed by atoms with Crippen molar-refractivity contribution in [3.8, 4) is 0 Å². The Morgan fingerprint density at radius 3 is 2.55 bits per heavy atom. The Labute approximate surface area is 173 Å².